The predicted octanol–water partition coefficient (Wildman–Crippen LogP) is 6.23. The van der Waals surface area contributed by atoms with E-state index in [-0.39, 0.29) is 10.1 Å². The van der Waals surface area contributed by atoms with Gasteiger partial charge in [0.25, 0.3) is 0 Å². The average molecular weight is 446 g/mol. The molecule has 0 heterocycles. The van der Waals surface area contributed by atoms with Gasteiger partial charge in [0, 0.05) is 6.42 Å². The molecule has 1 rings (SSSR count). The molecule has 5 nitrogen and oxygen atoms in total. The van der Waals surface area contributed by atoms with Gasteiger partial charge in [0.05, 0.1) is 25.5 Å². The first-order valence-corrected chi connectivity index (χ1v) is 10.6. The van der Waals surface area contributed by atoms with Crippen LogP contribution in [-0.4, -0.2) is 37.7 Å². The third-order valence-electron chi connectivity index (χ3n) is 3.66. The summed E-state index contributed by atoms with van der Waals surface area (Å²) in [5.74, 6) is 1.68. The molecule has 0 bridgehead atoms. The molecule has 0 N–H and O–H groups in total. The van der Waals surface area contributed by atoms with Crippen molar-refractivity contribution in [2.75, 3.05) is 26.4 Å². The summed E-state index contributed by atoms with van der Waals surface area (Å²) >= 11 is 11.2. The largest absolute Gasteiger partial charge is 0.493 e. The normalized spacial score (nSPS) is 11.9. The Kier molecular flexibility index (Phi) is 11.5. The molecular formula is C22H33Cl2NO4. The summed E-state index contributed by atoms with van der Waals surface area (Å²) in [4.78, 5) is 5.37. The lowest BCUT2D eigenvalue weighted by molar-refractivity contribution is -0.000679. The van der Waals surface area contributed by atoms with Crippen LogP contribution in [-0.2, 0) is 16.0 Å². The number of oxime groups is 1. The van der Waals surface area contributed by atoms with Gasteiger partial charge in [-0.05, 0) is 70.4 Å². The van der Waals surface area contributed by atoms with E-state index in [0.717, 1.165) is 41.2 Å². The van der Waals surface area contributed by atoms with E-state index in [2.05, 4.69) is 12.1 Å². The standard InChI is InChI=1S/C22H33Cl2NO4/c1-7-18-14-19(27-12-9-20(23)24)13-16(2)21(18)28-11-8-10-26-15-17(3)25-29-22(4,5)6/h9,13-14H,7-8,10-12,15H2,1-6H3. The Balaban J connectivity index is 2.44. The first-order valence-electron chi connectivity index (χ1n) is 9.82. The summed E-state index contributed by atoms with van der Waals surface area (Å²) in [6.07, 6.45) is 3.24. The zero-order chi connectivity index (χ0) is 21.9. The van der Waals surface area contributed by atoms with E-state index in [0.29, 0.717) is 26.4 Å². The van der Waals surface area contributed by atoms with Crippen molar-refractivity contribution in [3.63, 3.8) is 0 Å². The summed E-state index contributed by atoms with van der Waals surface area (Å²) in [6.45, 7) is 13.8. The van der Waals surface area contributed by atoms with E-state index in [9.17, 15) is 0 Å². The van der Waals surface area contributed by atoms with Crippen LogP contribution in [0.4, 0.5) is 0 Å². The summed E-state index contributed by atoms with van der Waals surface area (Å²) < 4.78 is 17.5. The summed E-state index contributed by atoms with van der Waals surface area (Å²) in [5, 5.41) is 4.06. The van der Waals surface area contributed by atoms with E-state index in [1.807, 2.05) is 46.8 Å². The fourth-order valence-corrected chi connectivity index (χ4v) is 2.49. The SMILES string of the molecule is CCc1cc(OCC=C(Cl)Cl)cc(C)c1OCCCOCC(C)=NOC(C)(C)C. The maximum Gasteiger partial charge on any atom is 0.129 e. The highest BCUT2D eigenvalue weighted by atomic mass is 35.5. The maximum atomic E-state index is 6.01. The Morgan fingerprint density at radius 2 is 1.86 bits per heavy atom. The second-order valence-corrected chi connectivity index (χ2v) is 8.68. The van der Waals surface area contributed by atoms with Gasteiger partial charge in [-0.3, -0.25) is 0 Å². The average Bonchev–Trinajstić information content (AvgIpc) is 2.62. The molecule has 0 amide bonds. The molecule has 0 aromatic heterocycles. The van der Waals surface area contributed by atoms with Crippen LogP contribution in [0.2, 0.25) is 0 Å². The van der Waals surface area contributed by atoms with Crippen LogP contribution in [0.1, 0.15) is 52.2 Å². The van der Waals surface area contributed by atoms with E-state index in [4.69, 9.17) is 42.3 Å². The number of ether oxygens (including phenoxy) is 3. The number of hydrogen-bond acceptors (Lipinski definition) is 5. The Morgan fingerprint density at radius 1 is 1.14 bits per heavy atom. The van der Waals surface area contributed by atoms with Crippen molar-refractivity contribution in [1.29, 1.82) is 0 Å². The molecule has 164 valence electrons. The van der Waals surface area contributed by atoms with Crippen LogP contribution < -0.4 is 9.47 Å². The van der Waals surface area contributed by atoms with Crippen LogP contribution in [0, 0.1) is 6.92 Å². The van der Waals surface area contributed by atoms with Crippen molar-refractivity contribution in [3.05, 3.63) is 33.8 Å². The fraction of sp³-hybridized carbons (Fsp3) is 0.591. The van der Waals surface area contributed by atoms with E-state index in [1.165, 1.54) is 0 Å². The monoisotopic (exact) mass is 445 g/mol. The first-order chi connectivity index (χ1) is 13.6. The number of benzene rings is 1. The Labute approximate surface area is 184 Å². The summed E-state index contributed by atoms with van der Waals surface area (Å²) in [6, 6.07) is 3.94. The van der Waals surface area contributed by atoms with Crippen molar-refractivity contribution < 1.29 is 19.0 Å². The minimum absolute atomic E-state index is 0.197. The highest BCUT2D eigenvalue weighted by molar-refractivity contribution is 6.55. The van der Waals surface area contributed by atoms with Gasteiger partial charge in [-0.2, -0.15) is 0 Å². The number of rotatable bonds is 12. The van der Waals surface area contributed by atoms with Crippen LogP contribution >= 0.6 is 23.2 Å². The van der Waals surface area contributed by atoms with Gasteiger partial charge in [-0.1, -0.05) is 35.3 Å². The molecule has 0 saturated heterocycles. The van der Waals surface area contributed by atoms with E-state index < -0.39 is 0 Å². The molecule has 1 aromatic carbocycles. The quantitative estimate of drug-likeness (QED) is 0.217. The lowest BCUT2D eigenvalue weighted by atomic mass is 10.1. The second-order valence-electron chi connectivity index (χ2n) is 7.67. The van der Waals surface area contributed by atoms with Gasteiger partial charge in [0.15, 0.2) is 0 Å². The minimum atomic E-state index is -0.293. The molecule has 0 aliphatic rings. The molecule has 0 atom stereocenters. The molecule has 1 aromatic rings. The predicted molar refractivity (Wildman–Crippen MR) is 121 cm³/mol. The van der Waals surface area contributed by atoms with Gasteiger partial charge in [0.2, 0.25) is 0 Å². The molecule has 0 unspecified atom stereocenters. The highest BCUT2D eigenvalue weighted by Gasteiger charge is 2.11. The van der Waals surface area contributed by atoms with Crippen LogP contribution in [0.25, 0.3) is 0 Å². The summed E-state index contributed by atoms with van der Waals surface area (Å²) in [7, 11) is 0. The zero-order valence-corrected chi connectivity index (χ0v) is 19.8. The van der Waals surface area contributed by atoms with E-state index in [1.54, 1.807) is 6.08 Å². The van der Waals surface area contributed by atoms with Gasteiger partial charge in [-0.15, -0.1) is 0 Å². The Bertz CT molecular complexity index is 693. The number of aryl methyl sites for hydroxylation is 2. The lowest BCUT2D eigenvalue weighted by Gasteiger charge is -2.16. The van der Waals surface area contributed by atoms with Gasteiger partial charge >= 0.3 is 0 Å². The van der Waals surface area contributed by atoms with Gasteiger partial charge in [-0.25, -0.2) is 0 Å². The maximum absolute atomic E-state index is 6.01. The molecule has 0 aliphatic heterocycles. The molecule has 7 heteroatoms. The number of hydrogen-bond donors (Lipinski definition) is 0. The highest BCUT2D eigenvalue weighted by Crippen LogP contribution is 2.30. The Hall–Kier alpha value is -1.43. The zero-order valence-electron chi connectivity index (χ0n) is 18.3. The summed E-state index contributed by atoms with van der Waals surface area (Å²) in [5.41, 5.74) is 2.65. The number of nitrogens with zero attached hydrogens (tertiary/aromatic N) is 1. The van der Waals surface area contributed by atoms with Crippen molar-refractivity contribution >= 4 is 28.9 Å². The molecule has 0 aliphatic carbocycles. The third kappa shape index (κ3) is 11.4. The van der Waals surface area contributed by atoms with Crippen molar-refractivity contribution in [3.8, 4) is 11.5 Å². The molecule has 0 saturated carbocycles. The fourth-order valence-electron chi connectivity index (χ4n) is 2.36. The van der Waals surface area contributed by atoms with Crippen LogP contribution in [0.15, 0.2) is 27.9 Å². The first kappa shape index (κ1) is 25.6. The van der Waals surface area contributed by atoms with Gasteiger partial charge < -0.3 is 19.0 Å². The Morgan fingerprint density at radius 3 is 2.48 bits per heavy atom. The van der Waals surface area contributed by atoms with Gasteiger partial charge in [0.1, 0.15) is 28.2 Å². The number of halogens is 2. The molecule has 29 heavy (non-hydrogen) atoms. The lowest BCUT2D eigenvalue weighted by Crippen LogP contribution is -2.17. The van der Waals surface area contributed by atoms with Crippen LogP contribution in [0.3, 0.4) is 0 Å². The van der Waals surface area contributed by atoms with Crippen molar-refractivity contribution in [2.24, 2.45) is 5.16 Å². The van der Waals surface area contributed by atoms with Crippen LogP contribution in [0.5, 0.6) is 11.5 Å². The molecular weight excluding hydrogens is 413 g/mol. The van der Waals surface area contributed by atoms with E-state index >= 15 is 0 Å². The molecule has 0 fully saturated rings. The smallest absolute Gasteiger partial charge is 0.129 e. The third-order valence-corrected chi connectivity index (χ3v) is 3.97. The van der Waals surface area contributed by atoms with Crippen molar-refractivity contribution in [2.45, 2.75) is 60.0 Å². The second kappa shape index (κ2) is 13.0. The topological polar surface area (TPSA) is 49.3 Å². The minimum Gasteiger partial charge on any atom is -0.493 e. The molecule has 0 spiro atoms. The molecule has 0 radical (unpaired) electrons. The van der Waals surface area contributed by atoms with Crippen molar-refractivity contribution in [1.82, 2.24) is 0 Å².